The molecule has 1 aliphatic rings. The fourth-order valence-electron chi connectivity index (χ4n) is 4.72. The SMILES string of the molecule is COc1ccc(NS(=O)(=O)c2cccnc2)cc1N1CCN(c2ncnc3c2cnn3-c2ccccc2)CC1. The highest BCUT2D eigenvalue weighted by Gasteiger charge is 2.24. The third kappa shape index (κ3) is 4.81. The number of para-hydroxylation sites is 1. The fourth-order valence-corrected chi connectivity index (χ4v) is 5.73. The Balaban J connectivity index is 1.22. The lowest BCUT2D eigenvalue weighted by atomic mass is 10.2. The van der Waals surface area contributed by atoms with Gasteiger partial charge in [0.2, 0.25) is 0 Å². The number of ether oxygens (including phenoxy) is 1. The lowest BCUT2D eigenvalue weighted by Gasteiger charge is -2.37. The van der Waals surface area contributed by atoms with Crippen LogP contribution in [0.4, 0.5) is 17.2 Å². The number of fused-ring (bicyclic) bond motifs is 1. The second-order valence-electron chi connectivity index (χ2n) is 8.98. The number of benzene rings is 2. The normalized spacial score (nSPS) is 14.0. The van der Waals surface area contributed by atoms with Crippen molar-refractivity contribution in [3.63, 3.8) is 0 Å². The van der Waals surface area contributed by atoms with E-state index >= 15 is 0 Å². The molecular weight excluding hydrogens is 516 g/mol. The van der Waals surface area contributed by atoms with E-state index in [0.29, 0.717) is 37.6 Å². The average molecular weight is 543 g/mol. The quantitative estimate of drug-likeness (QED) is 0.330. The minimum Gasteiger partial charge on any atom is -0.495 e. The number of aromatic nitrogens is 5. The molecule has 0 saturated carbocycles. The summed E-state index contributed by atoms with van der Waals surface area (Å²) in [6.45, 7) is 2.79. The van der Waals surface area contributed by atoms with Crippen molar-refractivity contribution in [1.29, 1.82) is 0 Å². The van der Waals surface area contributed by atoms with Gasteiger partial charge in [0.15, 0.2) is 5.65 Å². The molecule has 2 aromatic carbocycles. The molecule has 0 spiro atoms. The van der Waals surface area contributed by atoms with E-state index in [9.17, 15) is 8.42 Å². The van der Waals surface area contributed by atoms with E-state index in [-0.39, 0.29) is 4.90 Å². The highest BCUT2D eigenvalue weighted by molar-refractivity contribution is 7.92. The lowest BCUT2D eigenvalue weighted by Crippen LogP contribution is -2.47. The van der Waals surface area contributed by atoms with E-state index in [2.05, 4.69) is 34.6 Å². The maximum atomic E-state index is 12.8. The van der Waals surface area contributed by atoms with Crippen LogP contribution in [0.15, 0.2) is 90.5 Å². The summed E-state index contributed by atoms with van der Waals surface area (Å²) >= 11 is 0. The molecule has 39 heavy (non-hydrogen) atoms. The predicted molar refractivity (Wildman–Crippen MR) is 149 cm³/mol. The Labute approximate surface area is 225 Å². The molecule has 1 aliphatic heterocycles. The first-order chi connectivity index (χ1) is 19.0. The maximum absolute atomic E-state index is 12.8. The molecule has 4 heterocycles. The average Bonchev–Trinajstić information content (AvgIpc) is 3.42. The zero-order valence-electron chi connectivity index (χ0n) is 21.2. The van der Waals surface area contributed by atoms with Gasteiger partial charge in [-0.05, 0) is 42.5 Å². The maximum Gasteiger partial charge on any atom is 0.263 e. The smallest absolute Gasteiger partial charge is 0.263 e. The van der Waals surface area contributed by atoms with E-state index in [1.807, 2.05) is 41.2 Å². The Morgan fingerprint density at radius 3 is 2.44 bits per heavy atom. The van der Waals surface area contributed by atoms with Gasteiger partial charge >= 0.3 is 0 Å². The Morgan fingerprint density at radius 2 is 1.69 bits per heavy atom. The third-order valence-corrected chi connectivity index (χ3v) is 8.01. The number of hydrogen-bond donors (Lipinski definition) is 1. The third-order valence-electron chi connectivity index (χ3n) is 6.64. The molecule has 0 aliphatic carbocycles. The van der Waals surface area contributed by atoms with Crippen LogP contribution in [0.2, 0.25) is 0 Å². The van der Waals surface area contributed by atoms with Gasteiger partial charge in [0.05, 0.1) is 35.8 Å². The van der Waals surface area contributed by atoms with Gasteiger partial charge in [0.25, 0.3) is 10.0 Å². The minimum absolute atomic E-state index is 0.0998. The van der Waals surface area contributed by atoms with Crippen LogP contribution in [-0.2, 0) is 10.0 Å². The zero-order chi connectivity index (χ0) is 26.8. The molecule has 6 rings (SSSR count). The molecule has 3 aromatic heterocycles. The monoisotopic (exact) mass is 542 g/mol. The number of anilines is 3. The summed E-state index contributed by atoms with van der Waals surface area (Å²) in [6, 6.07) is 18.2. The number of pyridine rings is 1. The molecule has 0 unspecified atom stereocenters. The summed E-state index contributed by atoms with van der Waals surface area (Å²) in [6.07, 6.45) is 6.24. The topological polar surface area (TPSA) is 118 Å². The van der Waals surface area contributed by atoms with Crippen LogP contribution in [0.3, 0.4) is 0 Å². The predicted octanol–water partition coefficient (Wildman–Crippen LogP) is 3.35. The molecule has 0 radical (unpaired) electrons. The highest BCUT2D eigenvalue weighted by atomic mass is 32.2. The molecule has 1 fully saturated rings. The first-order valence-electron chi connectivity index (χ1n) is 12.4. The molecule has 1 N–H and O–H groups in total. The van der Waals surface area contributed by atoms with Crippen molar-refractivity contribution >= 4 is 38.2 Å². The number of nitrogens with one attached hydrogen (secondary N) is 1. The second-order valence-corrected chi connectivity index (χ2v) is 10.7. The zero-order valence-corrected chi connectivity index (χ0v) is 22.0. The number of piperazine rings is 1. The molecular formula is C27H26N8O3S. The summed E-state index contributed by atoms with van der Waals surface area (Å²) < 4.78 is 35.7. The van der Waals surface area contributed by atoms with Crippen LogP contribution in [0.5, 0.6) is 5.75 Å². The van der Waals surface area contributed by atoms with Gasteiger partial charge in [-0.15, -0.1) is 0 Å². The van der Waals surface area contributed by atoms with E-state index in [1.165, 1.54) is 18.5 Å². The number of rotatable bonds is 7. The van der Waals surface area contributed by atoms with Gasteiger partial charge < -0.3 is 14.5 Å². The number of nitrogens with zero attached hydrogens (tertiary/aromatic N) is 7. The van der Waals surface area contributed by atoms with Gasteiger partial charge in [-0.2, -0.15) is 5.10 Å². The lowest BCUT2D eigenvalue weighted by molar-refractivity contribution is 0.413. The summed E-state index contributed by atoms with van der Waals surface area (Å²) in [5, 5.41) is 5.46. The molecule has 11 nitrogen and oxygen atoms in total. The van der Waals surface area contributed by atoms with Crippen molar-refractivity contribution in [3.05, 3.63) is 85.6 Å². The van der Waals surface area contributed by atoms with Gasteiger partial charge in [-0.3, -0.25) is 9.71 Å². The van der Waals surface area contributed by atoms with Crippen molar-refractivity contribution in [2.75, 3.05) is 47.8 Å². The molecule has 1 saturated heterocycles. The van der Waals surface area contributed by atoms with Gasteiger partial charge in [0, 0.05) is 38.6 Å². The van der Waals surface area contributed by atoms with Gasteiger partial charge in [0.1, 0.15) is 22.8 Å². The number of sulfonamides is 1. The fraction of sp³-hybridized carbons (Fsp3) is 0.185. The molecule has 198 valence electrons. The van der Waals surface area contributed by atoms with Crippen molar-refractivity contribution in [2.45, 2.75) is 4.90 Å². The molecule has 12 heteroatoms. The van der Waals surface area contributed by atoms with Crippen molar-refractivity contribution in [2.24, 2.45) is 0 Å². The standard InChI is InChI=1S/C27H26N8O3S/c1-38-25-10-9-20(32-39(36,37)22-8-5-11-28-17-22)16-24(25)33-12-14-34(15-13-33)26-23-18-31-35(27(23)30-19-29-26)21-6-3-2-4-7-21/h2-11,16-19,32H,12-15H2,1H3. The molecule has 0 atom stereocenters. The molecule has 0 bridgehead atoms. The van der Waals surface area contributed by atoms with Gasteiger partial charge in [-0.25, -0.2) is 23.1 Å². The van der Waals surface area contributed by atoms with Crippen molar-refractivity contribution in [1.82, 2.24) is 24.7 Å². The van der Waals surface area contributed by atoms with Crippen molar-refractivity contribution < 1.29 is 13.2 Å². The van der Waals surface area contributed by atoms with E-state index in [1.54, 1.807) is 37.7 Å². The number of hydrogen-bond acceptors (Lipinski definition) is 9. The molecule has 0 amide bonds. The first-order valence-corrected chi connectivity index (χ1v) is 13.9. The van der Waals surface area contributed by atoms with Crippen LogP contribution in [0.25, 0.3) is 16.7 Å². The Morgan fingerprint density at radius 1 is 0.897 bits per heavy atom. The highest BCUT2D eigenvalue weighted by Crippen LogP contribution is 2.34. The van der Waals surface area contributed by atoms with E-state index < -0.39 is 10.0 Å². The summed E-state index contributed by atoms with van der Waals surface area (Å²) in [7, 11) is -2.16. The Hall–Kier alpha value is -4.71. The minimum atomic E-state index is -3.77. The summed E-state index contributed by atoms with van der Waals surface area (Å²) in [5.74, 6) is 1.51. The van der Waals surface area contributed by atoms with Crippen molar-refractivity contribution in [3.8, 4) is 11.4 Å². The largest absolute Gasteiger partial charge is 0.495 e. The van der Waals surface area contributed by atoms with Crippen LogP contribution >= 0.6 is 0 Å². The molecule has 5 aromatic rings. The van der Waals surface area contributed by atoms with E-state index in [4.69, 9.17) is 4.74 Å². The van der Waals surface area contributed by atoms with Gasteiger partial charge in [-0.1, -0.05) is 18.2 Å². The van der Waals surface area contributed by atoms with E-state index in [0.717, 1.165) is 28.2 Å². The first kappa shape index (κ1) is 24.6. The van der Waals surface area contributed by atoms with Crippen LogP contribution in [-0.4, -0.2) is 66.4 Å². The van der Waals surface area contributed by atoms with Crippen LogP contribution < -0.4 is 19.3 Å². The number of methoxy groups -OCH3 is 1. The summed E-state index contributed by atoms with van der Waals surface area (Å²) in [4.78, 5) is 17.5. The van der Waals surface area contributed by atoms with Crippen LogP contribution in [0, 0.1) is 0 Å². The van der Waals surface area contributed by atoms with Crippen LogP contribution in [0.1, 0.15) is 0 Å². The Bertz CT molecular complexity index is 1700. The summed E-state index contributed by atoms with van der Waals surface area (Å²) in [5.41, 5.74) is 2.95. The Kier molecular flexibility index (Phi) is 6.45. The second kappa shape index (κ2) is 10.2.